The number of halogens is 1. The van der Waals surface area contributed by atoms with E-state index in [0.29, 0.717) is 11.3 Å². The second-order valence-corrected chi connectivity index (χ2v) is 7.60. The highest BCUT2D eigenvalue weighted by Gasteiger charge is 2.23. The fourth-order valence-corrected chi connectivity index (χ4v) is 3.33. The van der Waals surface area contributed by atoms with E-state index in [1.54, 1.807) is 13.8 Å². The Morgan fingerprint density at radius 2 is 1.58 bits per heavy atom. The lowest BCUT2D eigenvalue weighted by molar-refractivity contribution is 0.102. The third-order valence-electron chi connectivity index (χ3n) is 3.62. The van der Waals surface area contributed by atoms with Crippen LogP contribution in [0.5, 0.6) is 0 Å². The minimum Gasteiger partial charge on any atom is -0.322 e. The predicted molar refractivity (Wildman–Crippen MR) is 90.9 cm³/mol. The minimum absolute atomic E-state index is 0.122. The molecule has 0 aliphatic rings. The van der Waals surface area contributed by atoms with E-state index in [0.717, 1.165) is 0 Å². The van der Waals surface area contributed by atoms with E-state index in [1.165, 1.54) is 59.9 Å². The monoisotopic (exact) mass is 350 g/mol. The van der Waals surface area contributed by atoms with Crippen molar-refractivity contribution >= 4 is 21.6 Å². The minimum atomic E-state index is -3.58. The SMILES string of the molecule is CC(C)N(C)S(=O)(=O)c1ccc(C(=O)Nc2ccc(F)cc2)cc1. The van der Waals surface area contributed by atoms with Gasteiger partial charge in [-0.1, -0.05) is 0 Å². The Kier molecular flexibility index (Phi) is 5.36. The van der Waals surface area contributed by atoms with Gasteiger partial charge in [0, 0.05) is 24.3 Å². The first-order valence-corrected chi connectivity index (χ1v) is 8.81. The van der Waals surface area contributed by atoms with Crippen LogP contribution in [0, 0.1) is 5.82 Å². The first-order valence-electron chi connectivity index (χ1n) is 7.37. The molecule has 0 aliphatic heterocycles. The maximum absolute atomic E-state index is 12.9. The van der Waals surface area contributed by atoms with Gasteiger partial charge in [0.1, 0.15) is 5.82 Å². The molecule has 0 fully saturated rings. The second-order valence-electron chi connectivity index (χ2n) is 5.60. The van der Waals surface area contributed by atoms with Crippen LogP contribution in [0.2, 0.25) is 0 Å². The normalized spacial score (nSPS) is 11.8. The Labute approximate surface area is 141 Å². The number of hydrogen-bond acceptors (Lipinski definition) is 3. The van der Waals surface area contributed by atoms with Gasteiger partial charge in [0.25, 0.3) is 5.91 Å². The van der Waals surface area contributed by atoms with Crippen LogP contribution in [0.15, 0.2) is 53.4 Å². The van der Waals surface area contributed by atoms with Crippen molar-refractivity contribution in [3.63, 3.8) is 0 Å². The van der Waals surface area contributed by atoms with Gasteiger partial charge in [0.2, 0.25) is 10.0 Å². The molecule has 24 heavy (non-hydrogen) atoms. The number of hydrogen-bond donors (Lipinski definition) is 1. The van der Waals surface area contributed by atoms with Gasteiger partial charge in [-0.15, -0.1) is 0 Å². The van der Waals surface area contributed by atoms with Crippen LogP contribution < -0.4 is 5.32 Å². The van der Waals surface area contributed by atoms with Crippen LogP contribution in [0.3, 0.4) is 0 Å². The summed E-state index contributed by atoms with van der Waals surface area (Å²) in [4.78, 5) is 12.3. The molecular formula is C17H19FN2O3S. The molecule has 2 aromatic rings. The molecule has 128 valence electrons. The standard InChI is InChI=1S/C17H19FN2O3S/c1-12(2)20(3)24(22,23)16-10-4-13(5-11-16)17(21)19-15-8-6-14(18)7-9-15/h4-12H,1-3H3,(H,19,21). The fraction of sp³-hybridized carbons (Fsp3) is 0.235. The summed E-state index contributed by atoms with van der Waals surface area (Å²) in [5.41, 5.74) is 0.767. The van der Waals surface area contributed by atoms with Crippen molar-refractivity contribution in [3.8, 4) is 0 Å². The number of anilines is 1. The van der Waals surface area contributed by atoms with Gasteiger partial charge in [-0.05, 0) is 62.4 Å². The van der Waals surface area contributed by atoms with Gasteiger partial charge in [-0.2, -0.15) is 4.31 Å². The Bertz CT molecular complexity index is 816. The molecule has 0 unspecified atom stereocenters. The van der Waals surface area contributed by atoms with E-state index in [1.807, 2.05) is 0 Å². The summed E-state index contributed by atoms with van der Waals surface area (Å²) in [6, 6.07) is 10.9. The molecule has 0 atom stereocenters. The number of rotatable bonds is 5. The van der Waals surface area contributed by atoms with Crippen LogP contribution in [0.1, 0.15) is 24.2 Å². The number of carbonyl (C=O) groups excluding carboxylic acids is 1. The van der Waals surface area contributed by atoms with Crippen molar-refractivity contribution in [1.29, 1.82) is 0 Å². The maximum atomic E-state index is 12.9. The van der Waals surface area contributed by atoms with Crippen LogP contribution in [-0.2, 0) is 10.0 Å². The third-order valence-corrected chi connectivity index (χ3v) is 5.67. The lowest BCUT2D eigenvalue weighted by Gasteiger charge is -2.21. The zero-order valence-corrected chi connectivity index (χ0v) is 14.5. The van der Waals surface area contributed by atoms with E-state index < -0.39 is 21.7 Å². The molecule has 0 saturated heterocycles. The molecule has 0 bridgehead atoms. The molecule has 0 saturated carbocycles. The van der Waals surface area contributed by atoms with Gasteiger partial charge >= 0.3 is 0 Å². The summed E-state index contributed by atoms with van der Waals surface area (Å²) in [5.74, 6) is -0.792. The summed E-state index contributed by atoms with van der Waals surface area (Å²) < 4.78 is 38.9. The smallest absolute Gasteiger partial charge is 0.255 e. The highest BCUT2D eigenvalue weighted by atomic mass is 32.2. The van der Waals surface area contributed by atoms with Gasteiger partial charge in [0.15, 0.2) is 0 Å². The quantitative estimate of drug-likeness (QED) is 0.901. The van der Waals surface area contributed by atoms with Crippen LogP contribution in [-0.4, -0.2) is 31.7 Å². The Morgan fingerprint density at radius 1 is 1.04 bits per heavy atom. The molecule has 1 amide bonds. The first kappa shape index (κ1) is 18.1. The second kappa shape index (κ2) is 7.11. The van der Waals surface area contributed by atoms with Crippen molar-refractivity contribution in [2.45, 2.75) is 24.8 Å². The van der Waals surface area contributed by atoms with Crippen molar-refractivity contribution < 1.29 is 17.6 Å². The van der Waals surface area contributed by atoms with Crippen molar-refractivity contribution in [3.05, 3.63) is 59.9 Å². The average Bonchev–Trinajstić information content (AvgIpc) is 2.56. The molecule has 2 rings (SSSR count). The Hall–Kier alpha value is -2.25. The molecule has 0 spiro atoms. The number of benzene rings is 2. The Balaban J connectivity index is 2.17. The highest BCUT2D eigenvalue weighted by molar-refractivity contribution is 7.89. The van der Waals surface area contributed by atoms with Crippen LogP contribution in [0.4, 0.5) is 10.1 Å². The maximum Gasteiger partial charge on any atom is 0.255 e. The third kappa shape index (κ3) is 3.98. The highest BCUT2D eigenvalue weighted by Crippen LogP contribution is 2.18. The number of nitrogens with zero attached hydrogens (tertiary/aromatic N) is 1. The molecule has 1 N–H and O–H groups in total. The summed E-state index contributed by atoms with van der Waals surface area (Å²) in [6.45, 7) is 3.56. The van der Waals surface area contributed by atoms with E-state index in [9.17, 15) is 17.6 Å². The number of carbonyl (C=O) groups is 1. The van der Waals surface area contributed by atoms with Crippen LogP contribution >= 0.6 is 0 Å². The Morgan fingerprint density at radius 3 is 2.08 bits per heavy atom. The fourth-order valence-electron chi connectivity index (χ4n) is 1.96. The average molecular weight is 350 g/mol. The van der Waals surface area contributed by atoms with Crippen molar-refractivity contribution in [2.24, 2.45) is 0 Å². The van der Waals surface area contributed by atoms with Crippen LogP contribution in [0.25, 0.3) is 0 Å². The summed E-state index contributed by atoms with van der Waals surface area (Å²) in [7, 11) is -2.08. The van der Waals surface area contributed by atoms with E-state index in [4.69, 9.17) is 0 Å². The first-order chi connectivity index (χ1) is 11.2. The molecule has 0 heterocycles. The zero-order chi connectivity index (χ0) is 17.9. The molecule has 5 nitrogen and oxygen atoms in total. The van der Waals surface area contributed by atoms with Crippen molar-refractivity contribution in [1.82, 2.24) is 4.31 Å². The van der Waals surface area contributed by atoms with E-state index >= 15 is 0 Å². The zero-order valence-electron chi connectivity index (χ0n) is 13.7. The molecule has 0 aromatic heterocycles. The van der Waals surface area contributed by atoms with E-state index in [2.05, 4.69) is 5.32 Å². The number of sulfonamides is 1. The van der Waals surface area contributed by atoms with Gasteiger partial charge in [-0.3, -0.25) is 4.79 Å². The van der Waals surface area contributed by atoms with Gasteiger partial charge in [0.05, 0.1) is 4.90 Å². The van der Waals surface area contributed by atoms with Gasteiger partial charge in [-0.25, -0.2) is 12.8 Å². The lowest BCUT2D eigenvalue weighted by Crippen LogP contribution is -2.33. The summed E-state index contributed by atoms with van der Waals surface area (Å²) >= 11 is 0. The topological polar surface area (TPSA) is 66.5 Å². The number of amides is 1. The summed E-state index contributed by atoms with van der Waals surface area (Å²) in [6.07, 6.45) is 0. The largest absolute Gasteiger partial charge is 0.322 e. The predicted octanol–water partition coefficient (Wildman–Crippen LogP) is 3.11. The molecule has 2 aromatic carbocycles. The lowest BCUT2D eigenvalue weighted by atomic mass is 10.2. The molecule has 7 heteroatoms. The molecular weight excluding hydrogens is 331 g/mol. The molecule has 0 aliphatic carbocycles. The molecule has 0 radical (unpaired) electrons. The number of nitrogens with one attached hydrogen (secondary N) is 1. The van der Waals surface area contributed by atoms with E-state index in [-0.39, 0.29) is 10.9 Å². The summed E-state index contributed by atoms with van der Waals surface area (Å²) in [5, 5.41) is 2.62. The van der Waals surface area contributed by atoms with Gasteiger partial charge < -0.3 is 5.32 Å². The van der Waals surface area contributed by atoms with Crippen molar-refractivity contribution in [2.75, 3.05) is 12.4 Å².